The van der Waals surface area contributed by atoms with Gasteiger partial charge < -0.3 is 26.0 Å². The van der Waals surface area contributed by atoms with E-state index >= 15 is 0 Å². The Kier molecular flexibility index (Phi) is 6.43. The summed E-state index contributed by atoms with van der Waals surface area (Å²) in [7, 11) is 0. The van der Waals surface area contributed by atoms with Crippen LogP contribution in [-0.4, -0.2) is 48.2 Å². The molecule has 1 amide bonds. The Morgan fingerprint density at radius 2 is 2.08 bits per heavy atom. The van der Waals surface area contributed by atoms with Gasteiger partial charge >= 0.3 is 0 Å². The molecule has 0 saturated carbocycles. The van der Waals surface area contributed by atoms with Crippen LogP contribution < -0.4 is 11.1 Å². The summed E-state index contributed by atoms with van der Waals surface area (Å²) in [5, 5.41) is 19.7. The van der Waals surface area contributed by atoms with Gasteiger partial charge in [0.1, 0.15) is 12.3 Å². The smallest absolute Gasteiger partial charge is 0.217 e. The summed E-state index contributed by atoms with van der Waals surface area (Å²) < 4.78 is 4.96. The third-order valence-electron chi connectivity index (χ3n) is 1.33. The van der Waals surface area contributed by atoms with Crippen molar-refractivity contribution in [1.29, 1.82) is 0 Å². The fraction of sp³-hybridized carbons (Fsp3) is 0.857. The first kappa shape index (κ1) is 12.3. The predicted molar refractivity (Wildman–Crippen MR) is 45.7 cm³/mol. The fourth-order valence-corrected chi connectivity index (χ4v) is 0.683. The molecule has 6 heteroatoms. The average Bonchev–Trinajstić information content (AvgIpc) is 2.10. The van der Waals surface area contributed by atoms with E-state index in [1.54, 1.807) is 0 Å². The topological polar surface area (TPSA) is 105 Å². The van der Waals surface area contributed by atoms with E-state index in [1.165, 1.54) is 6.92 Å². The lowest BCUT2D eigenvalue weighted by atomic mass is 10.4. The average molecular weight is 192 g/mol. The molecule has 0 rings (SSSR count). The molecule has 0 bridgehead atoms. The number of hydrogen-bond donors (Lipinski definition) is 4. The Balaban J connectivity index is 3.59. The summed E-state index contributed by atoms with van der Waals surface area (Å²) in [4.78, 5) is 10.5. The molecule has 13 heavy (non-hydrogen) atoms. The zero-order valence-electron chi connectivity index (χ0n) is 7.56. The first-order valence-corrected chi connectivity index (χ1v) is 3.97. The highest BCUT2D eigenvalue weighted by molar-refractivity contribution is 5.72. The number of nitrogens with one attached hydrogen (secondary N) is 1. The van der Waals surface area contributed by atoms with E-state index in [1.807, 2.05) is 0 Å². The summed E-state index contributed by atoms with van der Waals surface area (Å²) >= 11 is 0. The molecular formula is C7H16N2O4. The van der Waals surface area contributed by atoms with E-state index in [-0.39, 0.29) is 25.7 Å². The molecule has 0 aromatic heterocycles. The van der Waals surface area contributed by atoms with Crippen LogP contribution >= 0.6 is 0 Å². The normalized spacial score (nSPS) is 13.0. The van der Waals surface area contributed by atoms with E-state index in [0.717, 1.165) is 0 Å². The highest BCUT2D eigenvalue weighted by Gasteiger charge is 2.11. The summed E-state index contributed by atoms with van der Waals surface area (Å²) in [5.41, 5.74) is 5.41. The van der Waals surface area contributed by atoms with Gasteiger partial charge in [-0.25, -0.2) is 0 Å². The van der Waals surface area contributed by atoms with Crippen LogP contribution in [0.15, 0.2) is 0 Å². The number of nitrogens with two attached hydrogens (primary N) is 1. The maximum absolute atomic E-state index is 10.5. The van der Waals surface area contributed by atoms with Gasteiger partial charge in [0.05, 0.1) is 19.8 Å². The molecule has 0 saturated heterocycles. The monoisotopic (exact) mass is 192 g/mol. The summed E-state index contributed by atoms with van der Waals surface area (Å²) in [6.45, 7) is 0.919. The van der Waals surface area contributed by atoms with Crippen molar-refractivity contribution in [3.05, 3.63) is 0 Å². The van der Waals surface area contributed by atoms with Crippen LogP contribution in [0.5, 0.6) is 0 Å². The second-order valence-corrected chi connectivity index (χ2v) is 2.60. The van der Waals surface area contributed by atoms with Crippen LogP contribution in [0.1, 0.15) is 6.92 Å². The van der Waals surface area contributed by atoms with Crippen molar-refractivity contribution in [2.45, 2.75) is 19.3 Å². The Morgan fingerprint density at radius 1 is 1.54 bits per heavy atom. The maximum Gasteiger partial charge on any atom is 0.217 e. The number of aliphatic hydroxyl groups is 2. The quantitative estimate of drug-likeness (QED) is 0.357. The summed E-state index contributed by atoms with van der Waals surface area (Å²) in [5.74, 6) is -0.205. The number of carbonyl (C=O) groups is 1. The molecule has 0 spiro atoms. The zero-order chi connectivity index (χ0) is 10.3. The van der Waals surface area contributed by atoms with Gasteiger partial charge in [0.25, 0.3) is 0 Å². The van der Waals surface area contributed by atoms with Crippen molar-refractivity contribution < 1.29 is 19.7 Å². The van der Waals surface area contributed by atoms with Gasteiger partial charge in [0, 0.05) is 6.92 Å². The highest BCUT2D eigenvalue weighted by Crippen LogP contribution is 1.92. The minimum atomic E-state index is -0.715. The Bertz CT molecular complexity index is 149. The highest BCUT2D eigenvalue weighted by atomic mass is 16.5. The van der Waals surface area contributed by atoms with E-state index in [9.17, 15) is 4.79 Å². The minimum Gasteiger partial charge on any atom is -0.394 e. The third kappa shape index (κ3) is 6.47. The molecule has 0 heterocycles. The van der Waals surface area contributed by atoms with E-state index in [2.05, 4.69) is 5.32 Å². The van der Waals surface area contributed by atoms with Gasteiger partial charge in [0.15, 0.2) is 0 Å². The molecule has 0 aromatic rings. The van der Waals surface area contributed by atoms with Crippen molar-refractivity contribution in [2.24, 2.45) is 5.73 Å². The molecule has 0 fully saturated rings. The van der Waals surface area contributed by atoms with Crippen molar-refractivity contribution in [3.63, 3.8) is 0 Å². The van der Waals surface area contributed by atoms with Gasteiger partial charge in [0.2, 0.25) is 5.91 Å². The molecule has 78 valence electrons. The largest absolute Gasteiger partial charge is 0.394 e. The van der Waals surface area contributed by atoms with E-state index in [0.29, 0.717) is 0 Å². The predicted octanol–water partition coefficient (Wildman–Crippen LogP) is -2.22. The third-order valence-corrected chi connectivity index (χ3v) is 1.33. The summed E-state index contributed by atoms with van der Waals surface area (Å²) in [6, 6.07) is 0. The lowest BCUT2D eigenvalue weighted by Crippen LogP contribution is -2.42. The van der Waals surface area contributed by atoms with Crippen LogP contribution in [0.25, 0.3) is 0 Å². The molecule has 0 aliphatic heterocycles. The molecule has 6 nitrogen and oxygen atoms in total. The van der Waals surface area contributed by atoms with Crippen molar-refractivity contribution >= 4 is 5.91 Å². The molecule has 0 aliphatic rings. The SMILES string of the molecule is CC(=O)NC[C@H](N)OC(CO)CO. The maximum atomic E-state index is 10.5. The second kappa shape index (κ2) is 6.79. The first-order valence-electron chi connectivity index (χ1n) is 3.97. The van der Waals surface area contributed by atoms with Gasteiger partial charge in [-0.2, -0.15) is 0 Å². The second-order valence-electron chi connectivity index (χ2n) is 2.60. The van der Waals surface area contributed by atoms with Crippen molar-refractivity contribution in [2.75, 3.05) is 19.8 Å². The number of hydrogen-bond acceptors (Lipinski definition) is 5. The number of rotatable bonds is 6. The first-order chi connectivity index (χ1) is 6.10. The number of amides is 1. The standard InChI is InChI=1S/C7H16N2O4/c1-5(12)9-2-7(8)13-6(3-10)4-11/h6-7,10-11H,2-4,8H2,1H3,(H,9,12)/t7-/m1/s1. The van der Waals surface area contributed by atoms with Gasteiger partial charge in [-0.1, -0.05) is 0 Å². The molecule has 1 atom stereocenters. The molecule has 0 radical (unpaired) electrons. The summed E-state index contributed by atoms with van der Waals surface area (Å²) in [6.07, 6.45) is -1.41. The van der Waals surface area contributed by atoms with Gasteiger partial charge in [-0.15, -0.1) is 0 Å². The van der Waals surface area contributed by atoms with Crippen LogP contribution in [0.2, 0.25) is 0 Å². The van der Waals surface area contributed by atoms with Gasteiger partial charge in [-0.05, 0) is 0 Å². The molecular weight excluding hydrogens is 176 g/mol. The zero-order valence-corrected chi connectivity index (χ0v) is 7.56. The Labute approximate surface area is 76.7 Å². The lowest BCUT2D eigenvalue weighted by Gasteiger charge is -2.18. The van der Waals surface area contributed by atoms with Crippen LogP contribution in [0.4, 0.5) is 0 Å². The van der Waals surface area contributed by atoms with Gasteiger partial charge in [-0.3, -0.25) is 4.79 Å². The van der Waals surface area contributed by atoms with Crippen LogP contribution in [-0.2, 0) is 9.53 Å². The Morgan fingerprint density at radius 3 is 2.46 bits per heavy atom. The van der Waals surface area contributed by atoms with E-state index < -0.39 is 12.3 Å². The molecule has 0 aliphatic carbocycles. The fourth-order valence-electron chi connectivity index (χ4n) is 0.683. The van der Waals surface area contributed by atoms with Crippen LogP contribution in [0, 0.1) is 0 Å². The molecule has 0 unspecified atom stereocenters. The molecule has 0 aromatic carbocycles. The number of carbonyl (C=O) groups excluding carboxylic acids is 1. The number of aliphatic hydroxyl groups excluding tert-OH is 2. The van der Waals surface area contributed by atoms with Crippen molar-refractivity contribution in [1.82, 2.24) is 5.32 Å². The minimum absolute atomic E-state index is 0.159. The van der Waals surface area contributed by atoms with E-state index in [4.69, 9.17) is 20.7 Å². The number of ether oxygens (including phenoxy) is 1. The van der Waals surface area contributed by atoms with Crippen LogP contribution in [0.3, 0.4) is 0 Å². The Hall–Kier alpha value is -0.690. The molecule has 5 N–H and O–H groups in total. The van der Waals surface area contributed by atoms with Crippen molar-refractivity contribution in [3.8, 4) is 0 Å². The lowest BCUT2D eigenvalue weighted by molar-refractivity contribution is -0.120.